The van der Waals surface area contributed by atoms with Crippen molar-refractivity contribution in [1.29, 1.82) is 0 Å². The molecule has 1 heterocycles. The fourth-order valence-corrected chi connectivity index (χ4v) is 3.08. The van der Waals surface area contributed by atoms with E-state index in [-0.39, 0.29) is 36.4 Å². The number of imide groups is 1. The number of nitrogens with zero attached hydrogens (tertiary/aromatic N) is 1. The van der Waals surface area contributed by atoms with Gasteiger partial charge in [0.25, 0.3) is 0 Å². The van der Waals surface area contributed by atoms with E-state index in [9.17, 15) is 9.59 Å². The Labute approximate surface area is 114 Å². The van der Waals surface area contributed by atoms with Crippen LogP contribution in [-0.2, 0) is 9.59 Å². The largest absolute Gasteiger partial charge is 0.302 e. The van der Waals surface area contributed by atoms with Crippen LogP contribution in [0.25, 0.3) is 0 Å². The molecular weight excluding hydrogens is 240 g/mol. The monoisotopic (exact) mass is 262 g/mol. The number of hydrogen-bond donors (Lipinski definition) is 1. The van der Waals surface area contributed by atoms with Gasteiger partial charge in [0.05, 0.1) is 12.5 Å². The van der Waals surface area contributed by atoms with E-state index < -0.39 is 0 Å². The fraction of sp³-hybridized carbons (Fsp3) is 0.733. The van der Waals surface area contributed by atoms with Crippen molar-refractivity contribution in [3.63, 3.8) is 0 Å². The lowest BCUT2D eigenvalue weighted by molar-refractivity contribution is -0.142. The van der Waals surface area contributed by atoms with Crippen LogP contribution in [0, 0.1) is 12.3 Å². The van der Waals surface area contributed by atoms with E-state index in [1.165, 1.54) is 11.3 Å². The number of terminal acetylenes is 1. The first-order chi connectivity index (χ1) is 9.13. The Balaban J connectivity index is 1.97. The van der Waals surface area contributed by atoms with Crippen molar-refractivity contribution in [3.8, 4) is 12.3 Å². The molecule has 1 N–H and O–H groups in total. The first-order valence-corrected chi connectivity index (χ1v) is 7.19. The maximum atomic E-state index is 12.3. The Kier molecular flexibility index (Phi) is 4.60. The second kappa shape index (κ2) is 6.21. The quantitative estimate of drug-likeness (QED) is 0.616. The summed E-state index contributed by atoms with van der Waals surface area (Å²) in [5, 5.41) is 3.17. The van der Waals surface area contributed by atoms with Crippen molar-refractivity contribution >= 4 is 11.8 Å². The van der Waals surface area contributed by atoms with Gasteiger partial charge in [0.2, 0.25) is 11.8 Å². The molecule has 2 rings (SSSR count). The van der Waals surface area contributed by atoms with Crippen molar-refractivity contribution in [2.24, 2.45) is 0 Å². The number of hydrogen-bond acceptors (Lipinski definition) is 3. The number of amides is 2. The van der Waals surface area contributed by atoms with Gasteiger partial charge in [-0.1, -0.05) is 19.3 Å². The summed E-state index contributed by atoms with van der Waals surface area (Å²) in [7, 11) is 0. The molecule has 0 aromatic rings. The first kappa shape index (κ1) is 14.1. The number of likely N-dealkylation sites (tertiary alicyclic amines) is 1. The summed E-state index contributed by atoms with van der Waals surface area (Å²) in [5.41, 5.74) is 0. The lowest BCUT2D eigenvalue weighted by Crippen LogP contribution is -2.46. The van der Waals surface area contributed by atoms with E-state index >= 15 is 0 Å². The van der Waals surface area contributed by atoms with Crippen LogP contribution in [0.15, 0.2) is 0 Å². The Morgan fingerprint density at radius 3 is 2.68 bits per heavy atom. The molecular formula is C15H22N2O2. The third-order valence-electron chi connectivity index (χ3n) is 4.03. The summed E-state index contributed by atoms with van der Waals surface area (Å²) in [6.45, 7) is 1.95. The minimum atomic E-state index is -0.377. The van der Waals surface area contributed by atoms with E-state index in [0.717, 1.165) is 25.7 Å². The van der Waals surface area contributed by atoms with Gasteiger partial charge in [0.15, 0.2) is 0 Å². The molecule has 2 unspecified atom stereocenters. The van der Waals surface area contributed by atoms with Gasteiger partial charge in [-0.2, -0.15) is 0 Å². The Hall–Kier alpha value is -1.34. The molecule has 2 atom stereocenters. The van der Waals surface area contributed by atoms with Crippen LogP contribution >= 0.6 is 0 Å². The van der Waals surface area contributed by atoms with E-state index in [0.29, 0.717) is 6.42 Å². The second-order valence-electron chi connectivity index (χ2n) is 5.63. The highest BCUT2D eigenvalue weighted by atomic mass is 16.2. The molecule has 4 nitrogen and oxygen atoms in total. The molecule has 2 amide bonds. The maximum absolute atomic E-state index is 12.3. The summed E-state index contributed by atoms with van der Waals surface area (Å²) in [6.07, 6.45) is 11.5. The molecule has 0 aromatic heterocycles. The van der Waals surface area contributed by atoms with E-state index in [1.54, 1.807) is 0 Å². The van der Waals surface area contributed by atoms with Crippen molar-refractivity contribution < 1.29 is 9.59 Å². The molecule has 19 heavy (non-hydrogen) atoms. The number of carbonyl (C=O) groups is 2. The Morgan fingerprint density at radius 1 is 1.37 bits per heavy atom. The predicted molar refractivity (Wildman–Crippen MR) is 73.2 cm³/mol. The Morgan fingerprint density at radius 2 is 2.05 bits per heavy atom. The molecule has 104 valence electrons. The zero-order valence-corrected chi connectivity index (χ0v) is 11.5. The van der Waals surface area contributed by atoms with Gasteiger partial charge in [-0.15, -0.1) is 12.3 Å². The lowest BCUT2D eigenvalue weighted by atomic mass is 9.94. The SMILES string of the molecule is C#CCC(C)NC1CC(=O)N(C2CCCCC2)C1=O. The summed E-state index contributed by atoms with van der Waals surface area (Å²) in [4.78, 5) is 25.9. The van der Waals surface area contributed by atoms with Gasteiger partial charge in [-0.05, 0) is 19.8 Å². The number of nitrogens with one attached hydrogen (secondary N) is 1. The molecule has 0 radical (unpaired) electrons. The molecule has 0 bridgehead atoms. The predicted octanol–water partition coefficient (Wildman–Crippen LogP) is 1.45. The van der Waals surface area contributed by atoms with Crippen molar-refractivity contribution in [1.82, 2.24) is 10.2 Å². The van der Waals surface area contributed by atoms with Crippen LogP contribution < -0.4 is 5.32 Å². The van der Waals surface area contributed by atoms with Crippen LogP contribution in [0.4, 0.5) is 0 Å². The van der Waals surface area contributed by atoms with Gasteiger partial charge in [0.1, 0.15) is 0 Å². The van der Waals surface area contributed by atoms with E-state index in [1.807, 2.05) is 6.92 Å². The van der Waals surface area contributed by atoms with Crippen molar-refractivity contribution in [2.45, 2.75) is 70.0 Å². The molecule has 1 aliphatic carbocycles. The second-order valence-corrected chi connectivity index (χ2v) is 5.63. The molecule has 1 saturated carbocycles. The standard InChI is InChI=1S/C15H22N2O2/c1-3-7-11(2)16-13-10-14(18)17(15(13)19)12-8-5-4-6-9-12/h1,11-13,16H,4-10H2,2H3. The van der Waals surface area contributed by atoms with Gasteiger partial charge in [0, 0.05) is 18.5 Å². The minimum absolute atomic E-state index is 0.0256. The Bertz CT molecular complexity index is 393. The van der Waals surface area contributed by atoms with Crippen LogP contribution in [0.2, 0.25) is 0 Å². The molecule has 2 fully saturated rings. The molecule has 1 saturated heterocycles. The molecule has 4 heteroatoms. The van der Waals surface area contributed by atoms with Crippen LogP contribution in [0.1, 0.15) is 51.9 Å². The third kappa shape index (κ3) is 3.16. The van der Waals surface area contributed by atoms with Crippen molar-refractivity contribution in [2.75, 3.05) is 0 Å². The van der Waals surface area contributed by atoms with Gasteiger partial charge >= 0.3 is 0 Å². The minimum Gasteiger partial charge on any atom is -0.302 e. The maximum Gasteiger partial charge on any atom is 0.247 e. The van der Waals surface area contributed by atoms with E-state index in [2.05, 4.69) is 11.2 Å². The summed E-state index contributed by atoms with van der Waals surface area (Å²) in [6, 6.07) is -0.181. The highest BCUT2D eigenvalue weighted by Gasteiger charge is 2.42. The van der Waals surface area contributed by atoms with Crippen molar-refractivity contribution in [3.05, 3.63) is 0 Å². The number of rotatable bonds is 4. The molecule has 1 aliphatic heterocycles. The zero-order valence-electron chi connectivity index (χ0n) is 11.5. The van der Waals surface area contributed by atoms with Crippen LogP contribution in [0.5, 0.6) is 0 Å². The van der Waals surface area contributed by atoms with Gasteiger partial charge in [-0.25, -0.2) is 0 Å². The fourth-order valence-electron chi connectivity index (χ4n) is 3.08. The number of carbonyl (C=O) groups excluding carboxylic acids is 2. The van der Waals surface area contributed by atoms with Gasteiger partial charge in [-0.3, -0.25) is 14.5 Å². The average molecular weight is 262 g/mol. The molecule has 0 aromatic carbocycles. The third-order valence-corrected chi connectivity index (χ3v) is 4.03. The average Bonchev–Trinajstić information content (AvgIpc) is 2.66. The van der Waals surface area contributed by atoms with Crippen LogP contribution in [-0.4, -0.2) is 34.8 Å². The first-order valence-electron chi connectivity index (χ1n) is 7.19. The summed E-state index contributed by atoms with van der Waals surface area (Å²) >= 11 is 0. The molecule has 2 aliphatic rings. The highest BCUT2D eigenvalue weighted by molar-refractivity contribution is 6.05. The molecule has 0 spiro atoms. The lowest BCUT2D eigenvalue weighted by Gasteiger charge is -2.30. The summed E-state index contributed by atoms with van der Waals surface area (Å²) < 4.78 is 0. The topological polar surface area (TPSA) is 49.4 Å². The normalized spacial score (nSPS) is 26.5. The van der Waals surface area contributed by atoms with Crippen LogP contribution in [0.3, 0.4) is 0 Å². The van der Waals surface area contributed by atoms with E-state index in [4.69, 9.17) is 6.42 Å². The zero-order chi connectivity index (χ0) is 13.8. The van der Waals surface area contributed by atoms with Gasteiger partial charge < -0.3 is 5.32 Å². The smallest absolute Gasteiger partial charge is 0.247 e. The highest BCUT2D eigenvalue weighted by Crippen LogP contribution is 2.27. The summed E-state index contributed by atoms with van der Waals surface area (Å²) in [5.74, 6) is 2.49.